The number of rotatable bonds is 47. The van der Waals surface area contributed by atoms with Crippen molar-refractivity contribution < 1.29 is 23.9 Å². The molecule has 7 nitrogen and oxygen atoms in total. The summed E-state index contributed by atoms with van der Waals surface area (Å²) < 4.78 is 11.6. The van der Waals surface area contributed by atoms with Gasteiger partial charge in [0, 0.05) is 31.7 Å². The highest BCUT2D eigenvalue weighted by molar-refractivity contribution is 8.13. The first-order chi connectivity index (χ1) is 30.0. The highest BCUT2D eigenvalue weighted by Crippen LogP contribution is 2.29. The van der Waals surface area contributed by atoms with Crippen LogP contribution >= 0.6 is 11.8 Å². The molecule has 0 fully saturated rings. The predicted molar refractivity (Wildman–Crippen MR) is 270 cm³/mol. The summed E-state index contributed by atoms with van der Waals surface area (Å²) in [5.74, 6) is 0.815. The van der Waals surface area contributed by atoms with Crippen LogP contribution in [0.25, 0.3) is 0 Å². The average molecular weight is 896 g/mol. The summed E-state index contributed by atoms with van der Waals surface area (Å²) in [6, 6.07) is 0. The Morgan fingerprint density at radius 3 is 1.48 bits per heavy atom. The monoisotopic (exact) mass is 895 g/mol. The molecule has 0 aromatic rings. The van der Waals surface area contributed by atoms with E-state index in [0.29, 0.717) is 19.4 Å². The van der Waals surface area contributed by atoms with Gasteiger partial charge in [0.15, 0.2) is 0 Å². The molecule has 0 saturated carbocycles. The van der Waals surface area contributed by atoms with Gasteiger partial charge in [0.05, 0.1) is 6.61 Å². The minimum absolute atomic E-state index is 0.00287. The third-order valence-corrected chi connectivity index (χ3v) is 13.7. The molecule has 0 bridgehead atoms. The number of carbonyl (C=O) groups excluding carboxylic acids is 3. The lowest BCUT2D eigenvalue weighted by Crippen LogP contribution is -2.32. The maximum Gasteiger partial charge on any atom is 0.306 e. The van der Waals surface area contributed by atoms with Gasteiger partial charge in [0.1, 0.15) is 6.10 Å². The molecular formula is C54H106N2O5S. The Balaban J connectivity index is 4.67. The van der Waals surface area contributed by atoms with Crippen molar-refractivity contribution in [1.29, 1.82) is 0 Å². The summed E-state index contributed by atoms with van der Waals surface area (Å²) in [6.45, 7) is 14.6. The summed E-state index contributed by atoms with van der Waals surface area (Å²) in [6.07, 6.45) is 42.3. The van der Waals surface area contributed by atoms with Crippen LogP contribution < -0.4 is 0 Å². The second kappa shape index (κ2) is 44.9. The zero-order valence-corrected chi connectivity index (χ0v) is 43.4. The van der Waals surface area contributed by atoms with Gasteiger partial charge >= 0.3 is 11.9 Å². The Kier molecular flexibility index (Phi) is 44.0. The quantitative estimate of drug-likeness (QED) is 0.0445. The number of hydrogen-bond donors (Lipinski definition) is 0. The second-order valence-corrected chi connectivity index (χ2v) is 20.9. The molecule has 0 aliphatic rings. The molecule has 0 radical (unpaired) electrons. The lowest BCUT2D eigenvalue weighted by molar-refractivity contribution is -0.150. The Labute approximate surface area is 390 Å². The van der Waals surface area contributed by atoms with E-state index in [-0.39, 0.29) is 28.7 Å². The van der Waals surface area contributed by atoms with Crippen molar-refractivity contribution in [2.75, 3.05) is 46.1 Å². The molecule has 0 saturated heterocycles. The van der Waals surface area contributed by atoms with Crippen molar-refractivity contribution in [2.45, 2.75) is 278 Å². The van der Waals surface area contributed by atoms with E-state index in [0.717, 1.165) is 122 Å². The Morgan fingerprint density at radius 2 is 0.935 bits per heavy atom. The molecule has 1 amide bonds. The van der Waals surface area contributed by atoms with Crippen molar-refractivity contribution in [3.05, 3.63) is 0 Å². The number of esters is 2. The van der Waals surface area contributed by atoms with E-state index in [1.54, 1.807) is 0 Å². The zero-order chi connectivity index (χ0) is 45.8. The van der Waals surface area contributed by atoms with Crippen molar-refractivity contribution in [3.8, 4) is 0 Å². The van der Waals surface area contributed by atoms with Gasteiger partial charge in [-0.15, -0.1) is 0 Å². The molecule has 0 atom stereocenters. The summed E-state index contributed by atoms with van der Waals surface area (Å²) >= 11 is 1.49. The first kappa shape index (κ1) is 60.7. The fourth-order valence-corrected chi connectivity index (χ4v) is 9.16. The van der Waals surface area contributed by atoms with Crippen LogP contribution in [0.4, 0.5) is 4.79 Å². The minimum atomic E-state index is -0.0538. The van der Waals surface area contributed by atoms with E-state index in [1.165, 1.54) is 140 Å². The Hall–Kier alpha value is -1.28. The lowest BCUT2D eigenvalue weighted by atomic mass is 9.83. The molecule has 8 heteroatoms. The molecule has 0 rings (SSSR count). The summed E-state index contributed by atoms with van der Waals surface area (Å²) in [4.78, 5) is 43.1. The van der Waals surface area contributed by atoms with Gasteiger partial charge in [0.25, 0.3) is 5.24 Å². The first-order valence-corrected chi connectivity index (χ1v) is 27.9. The number of hydrogen-bond acceptors (Lipinski definition) is 7. The molecule has 62 heavy (non-hydrogen) atoms. The zero-order valence-electron chi connectivity index (χ0n) is 42.6. The van der Waals surface area contributed by atoms with Gasteiger partial charge < -0.3 is 19.3 Å². The topological polar surface area (TPSA) is 76.1 Å². The van der Waals surface area contributed by atoms with Gasteiger partial charge in [-0.25, -0.2) is 0 Å². The van der Waals surface area contributed by atoms with Gasteiger partial charge in [-0.2, -0.15) is 0 Å². The summed E-state index contributed by atoms with van der Waals surface area (Å²) in [5, 5.41) is 0.218. The third-order valence-electron chi connectivity index (χ3n) is 12.7. The molecule has 0 N–H and O–H groups in total. The van der Waals surface area contributed by atoms with Gasteiger partial charge in [-0.05, 0) is 103 Å². The first-order valence-electron chi connectivity index (χ1n) is 27.0. The van der Waals surface area contributed by atoms with E-state index in [1.807, 2.05) is 0 Å². The maximum absolute atomic E-state index is 13.5. The summed E-state index contributed by atoms with van der Waals surface area (Å²) in [7, 11) is 4.20. The fraction of sp³-hybridized carbons (Fsp3) is 0.944. The van der Waals surface area contributed by atoms with E-state index >= 15 is 0 Å². The molecule has 368 valence electrons. The Bertz CT molecular complexity index is 989. The molecule has 0 aromatic heterocycles. The second-order valence-electron chi connectivity index (χ2n) is 19.9. The number of amides is 1. The van der Waals surface area contributed by atoms with Crippen LogP contribution in [0.1, 0.15) is 272 Å². The number of nitrogens with zero attached hydrogens (tertiary/aromatic N) is 2. The largest absolute Gasteiger partial charge is 0.466 e. The SMILES string of the molecule is CCCCCCCCCCOC(=O)CCCCC(C)(C)CCN(CCCCCCCC(=O)OC(CCCCCCCCC)CCCCCCCCC)C(=O)SCCCCN(C)C. The maximum atomic E-state index is 13.5. The van der Waals surface area contributed by atoms with E-state index in [4.69, 9.17) is 9.47 Å². The van der Waals surface area contributed by atoms with Crippen molar-refractivity contribution >= 4 is 28.9 Å². The van der Waals surface area contributed by atoms with Crippen LogP contribution in [0, 0.1) is 5.41 Å². The number of unbranched alkanes of at least 4 members (excludes halogenated alkanes) is 25. The predicted octanol–water partition coefficient (Wildman–Crippen LogP) is 16.7. The van der Waals surface area contributed by atoms with E-state index in [2.05, 4.69) is 58.5 Å². The van der Waals surface area contributed by atoms with E-state index in [9.17, 15) is 14.4 Å². The lowest BCUT2D eigenvalue weighted by Gasteiger charge is -2.29. The molecule has 0 aliphatic heterocycles. The number of carbonyl (C=O) groups is 3. The standard InChI is InChI=1S/C54H106N2O5S/c1-8-11-14-17-20-23-29-37-48-60-51(57)41-33-34-43-54(4,5)44-47-56(53(59)62-49-38-36-45-55(6)7)46-35-28-24-27-32-42-52(58)61-50(39-30-25-21-18-15-12-9-2)40-31-26-22-19-16-13-10-3/h50H,8-49H2,1-7H3. The molecule has 0 aliphatic carbocycles. The van der Waals surface area contributed by atoms with Gasteiger partial charge in [0.2, 0.25) is 0 Å². The van der Waals surface area contributed by atoms with Gasteiger partial charge in [-0.3, -0.25) is 14.4 Å². The molecule has 0 unspecified atom stereocenters. The normalized spacial score (nSPS) is 11.8. The number of thioether (sulfide) groups is 1. The molecule has 0 aromatic carbocycles. The third kappa shape index (κ3) is 42.7. The van der Waals surface area contributed by atoms with Crippen LogP contribution in [0.2, 0.25) is 0 Å². The summed E-state index contributed by atoms with van der Waals surface area (Å²) in [5.41, 5.74) is 0.103. The highest BCUT2D eigenvalue weighted by Gasteiger charge is 2.22. The fourth-order valence-electron chi connectivity index (χ4n) is 8.27. The average Bonchev–Trinajstić information content (AvgIpc) is 3.24. The van der Waals surface area contributed by atoms with Gasteiger partial charge in [-0.1, -0.05) is 194 Å². The Morgan fingerprint density at radius 1 is 0.484 bits per heavy atom. The molecular weight excluding hydrogens is 789 g/mol. The van der Waals surface area contributed by atoms with Crippen LogP contribution in [-0.2, 0) is 19.1 Å². The van der Waals surface area contributed by atoms with Crippen molar-refractivity contribution in [2.24, 2.45) is 5.41 Å². The minimum Gasteiger partial charge on any atom is -0.466 e. The van der Waals surface area contributed by atoms with Crippen molar-refractivity contribution in [3.63, 3.8) is 0 Å². The van der Waals surface area contributed by atoms with E-state index < -0.39 is 0 Å². The smallest absolute Gasteiger partial charge is 0.306 e. The van der Waals surface area contributed by atoms with Crippen molar-refractivity contribution in [1.82, 2.24) is 9.80 Å². The number of ether oxygens (including phenoxy) is 2. The van der Waals surface area contributed by atoms with Crippen LogP contribution in [0.5, 0.6) is 0 Å². The highest BCUT2D eigenvalue weighted by atomic mass is 32.2. The molecule has 0 spiro atoms. The van der Waals surface area contributed by atoms with Crippen LogP contribution in [-0.4, -0.2) is 79.2 Å². The van der Waals surface area contributed by atoms with Crippen LogP contribution in [0.15, 0.2) is 0 Å². The molecule has 0 heterocycles. The van der Waals surface area contributed by atoms with Crippen LogP contribution in [0.3, 0.4) is 0 Å².